The molecule has 2 aliphatic heterocycles. The molecule has 2 aromatic carbocycles. The van der Waals surface area contributed by atoms with Crippen LogP contribution in [-0.4, -0.2) is 47.7 Å². The fourth-order valence-corrected chi connectivity index (χ4v) is 3.35. The van der Waals surface area contributed by atoms with Gasteiger partial charge in [-0.05, 0) is 49.2 Å². The predicted molar refractivity (Wildman–Crippen MR) is 97.1 cm³/mol. The van der Waals surface area contributed by atoms with Crippen LogP contribution in [0.2, 0.25) is 0 Å². The summed E-state index contributed by atoms with van der Waals surface area (Å²) in [5, 5.41) is 12.5. The van der Waals surface area contributed by atoms with Crippen LogP contribution < -0.4 is 14.8 Å². The van der Waals surface area contributed by atoms with Crippen molar-refractivity contribution in [1.29, 1.82) is 0 Å². The van der Waals surface area contributed by atoms with Gasteiger partial charge in [0, 0.05) is 30.3 Å². The number of carbonyl (C=O) groups is 2. The maximum atomic E-state index is 12.7. The van der Waals surface area contributed by atoms with Crippen LogP contribution >= 0.6 is 0 Å². The van der Waals surface area contributed by atoms with Crippen LogP contribution in [0.3, 0.4) is 0 Å². The fourth-order valence-electron chi connectivity index (χ4n) is 3.35. The van der Waals surface area contributed by atoms with E-state index in [0.29, 0.717) is 48.6 Å². The van der Waals surface area contributed by atoms with E-state index in [1.807, 2.05) is 0 Å². The van der Waals surface area contributed by atoms with Crippen LogP contribution in [0.25, 0.3) is 0 Å². The summed E-state index contributed by atoms with van der Waals surface area (Å²) in [5.41, 5.74) is 0.996. The van der Waals surface area contributed by atoms with Gasteiger partial charge in [-0.25, -0.2) is 0 Å². The van der Waals surface area contributed by atoms with Gasteiger partial charge >= 0.3 is 0 Å². The molecule has 2 aliphatic rings. The summed E-state index contributed by atoms with van der Waals surface area (Å²) in [6.07, 6.45) is 1.36. The van der Waals surface area contributed by atoms with Crippen LogP contribution in [0.15, 0.2) is 42.5 Å². The third-order valence-electron chi connectivity index (χ3n) is 4.85. The van der Waals surface area contributed by atoms with Crippen molar-refractivity contribution in [2.75, 3.05) is 19.9 Å². The van der Waals surface area contributed by atoms with Crippen LogP contribution in [-0.2, 0) is 0 Å². The second-order valence-electron chi connectivity index (χ2n) is 6.66. The quantitative estimate of drug-likeness (QED) is 0.867. The molecule has 0 aliphatic carbocycles. The number of hydrogen-bond donors (Lipinski definition) is 2. The number of hydrogen-bond acceptors (Lipinski definition) is 5. The zero-order valence-electron chi connectivity index (χ0n) is 14.7. The highest BCUT2D eigenvalue weighted by Gasteiger charge is 2.26. The van der Waals surface area contributed by atoms with Crippen molar-refractivity contribution in [2.45, 2.75) is 18.9 Å². The highest BCUT2D eigenvalue weighted by atomic mass is 16.7. The first kappa shape index (κ1) is 17.2. The molecule has 140 valence electrons. The molecule has 1 saturated heterocycles. The molecule has 2 aromatic rings. The summed E-state index contributed by atoms with van der Waals surface area (Å²) in [5.74, 6) is 1.04. The third kappa shape index (κ3) is 3.67. The lowest BCUT2D eigenvalue weighted by Crippen LogP contribution is -2.46. The molecule has 7 heteroatoms. The van der Waals surface area contributed by atoms with E-state index >= 15 is 0 Å². The number of fused-ring (bicyclic) bond motifs is 1. The van der Waals surface area contributed by atoms with Crippen molar-refractivity contribution in [3.8, 4) is 17.2 Å². The Kier molecular flexibility index (Phi) is 4.58. The van der Waals surface area contributed by atoms with Crippen molar-refractivity contribution < 1.29 is 24.2 Å². The Balaban J connectivity index is 1.33. The van der Waals surface area contributed by atoms with E-state index in [2.05, 4.69) is 5.32 Å². The molecular weight excluding hydrogens is 348 g/mol. The van der Waals surface area contributed by atoms with Crippen molar-refractivity contribution in [1.82, 2.24) is 10.2 Å². The number of carbonyl (C=O) groups excluding carboxylic acids is 2. The Labute approximate surface area is 156 Å². The van der Waals surface area contributed by atoms with Gasteiger partial charge in [-0.2, -0.15) is 0 Å². The normalized spacial score (nSPS) is 16.2. The first-order valence-corrected chi connectivity index (χ1v) is 8.89. The maximum absolute atomic E-state index is 12.7. The van der Waals surface area contributed by atoms with E-state index < -0.39 is 0 Å². The Morgan fingerprint density at radius 2 is 1.78 bits per heavy atom. The van der Waals surface area contributed by atoms with Gasteiger partial charge in [0.15, 0.2) is 11.5 Å². The van der Waals surface area contributed by atoms with Crippen molar-refractivity contribution >= 4 is 11.8 Å². The first-order valence-electron chi connectivity index (χ1n) is 8.89. The summed E-state index contributed by atoms with van der Waals surface area (Å²) in [6.45, 7) is 1.31. The molecular formula is C20H20N2O5. The molecule has 2 N–H and O–H groups in total. The number of rotatable bonds is 3. The van der Waals surface area contributed by atoms with Crippen LogP contribution in [0, 0.1) is 0 Å². The monoisotopic (exact) mass is 368 g/mol. The molecule has 0 bridgehead atoms. The highest BCUT2D eigenvalue weighted by molar-refractivity contribution is 5.95. The lowest BCUT2D eigenvalue weighted by atomic mass is 10.0. The zero-order valence-corrected chi connectivity index (χ0v) is 14.7. The number of phenolic OH excluding ortho intramolecular Hbond substituents is 1. The van der Waals surface area contributed by atoms with E-state index in [9.17, 15) is 14.7 Å². The maximum Gasteiger partial charge on any atom is 0.253 e. The van der Waals surface area contributed by atoms with Gasteiger partial charge in [0.25, 0.3) is 11.8 Å². The minimum Gasteiger partial charge on any atom is -0.508 e. The van der Waals surface area contributed by atoms with Gasteiger partial charge in [-0.15, -0.1) is 0 Å². The number of piperidine rings is 1. The Morgan fingerprint density at radius 3 is 2.56 bits per heavy atom. The summed E-state index contributed by atoms with van der Waals surface area (Å²) in [6, 6.07) is 11.5. The predicted octanol–water partition coefficient (Wildman–Crippen LogP) is 2.16. The topological polar surface area (TPSA) is 88.1 Å². The Bertz CT molecular complexity index is 874. The molecule has 0 radical (unpaired) electrons. The lowest BCUT2D eigenvalue weighted by molar-refractivity contribution is 0.0697. The largest absolute Gasteiger partial charge is 0.508 e. The van der Waals surface area contributed by atoms with Gasteiger partial charge in [-0.1, -0.05) is 6.07 Å². The third-order valence-corrected chi connectivity index (χ3v) is 4.85. The van der Waals surface area contributed by atoms with E-state index in [1.54, 1.807) is 35.2 Å². The van der Waals surface area contributed by atoms with E-state index in [-0.39, 0.29) is 30.4 Å². The molecule has 0 aromatic heterocycles. The number of nitrogens with zero attached hydrogens (tertiary/aromatic N) is 1. The summed E-state index contributed by atoms with van der Waals surface area (Å²) in [4.78, 5) is 26.8. The first-order chi connectivity index (χ1) is 13.1. The average Bonchev–Trinajstić information content (AvgIpc) is 3.16. The van der Waals surface area contributed by atoms with Crippen molar-refractivity contribution in [3.05, 3.63) is 53.6 Å². The standard InChI is InChI=1S/C20H20N2O5/c23-16-3-1-2-13(10-16)19(24)21-15-6-8-22(9-7-15)20(25)14-4-5-17-18(11-14)27-12-26-17/h1-5,10-11,15,23H,6-9,12H2,(H,21,24). The molecule has 0 saturated carbocycles. The zero-order chi connectivity index (χ0) is 18.8. The summed E-state index contributed by atoms with van der Waals surface area (Å²) < 4.78 is 10.6. The lowest BCUT2D eigenvalue weighted by Gasteiger charge is -2.32. The van der Waals surface area contributed by atoms with Gasteiger partial charge in [0.05, 0.1) is 0 Å². The van der Waals surface area contributed by atoms with E-state index in [0.717, 1.165) is 0 Å². The summed E-state index contributed by atoms with van der Waals surface area (Å²) in [7, 11) is 0. The SMILES string of the molecule is O=C(NC1CCN(C(=O)c2ccc3c(c2)OCO3)CC1)c1cccc(O)c1. The minimum atomic E-state index is -0.216. The van der Waals surface area contributed by atoms with Gasteiger partial charge in [0.2, 0.25) is 6.79 Å². The van der Waals surface area contributed by atoms with Gasteiger partial charge < -0.3 is 24.8 Å². The minimum absolute atomic E-state index is 0.000605. The smallest absolute Gasteiger partial charge is 0.253 e. The van der Waals surface area contributed by atoms with Crippen molar-refractivity contribution in [2.24, 2.45) is 0 Å². The second-order valence-corrected chi connectivity index (χ2v) is 6.66. The summed E-state index contributed by atoms with van der Waals surface area (Å²) >= 11 is 0. The molecule has 1 fully saturated rings. The van der Waals surface area contributed by atoms with Crippen molar-refractivity contribution in [3.63, 3.8) is 0 Å². The van der Waals surface area contributed by atoms with Gasteiger partial charge in [0.1, 0.15) is 5.75 Å². The van der Waals surface area contributed by atoms with E-state index in [1.165, 1.54) is 12.1 Å². The average molecular weight is 368 g/mol. The molecule has 0 atom stereocenters. The van der Waals surface area contributed by atoms with Crippen LogP contribution in [0.5, 0.6) is 17.2 Å². The number of likely N-dealkylation sites (tertiary alicyclic amines) is 1. The number of amides is 2. The molecule has 0 spiro atoms. The number of phenols is 1. The number of aromatic hydroxyl groups is 1. The van der Waals surface area contributed by atoms with Gasteiger partial charge in [-0.3, -0.25) is 9.59 Å². The Hall–Kier alpha value is -3.22. The molecule has 4 rings (SSSR count). The molecule has 27 heavy (non-hydrogen) atoms. The van der Waals surface area contributed by atoms with Crippen LogP contribution in [0.4, 0.5) is 0 Å². The molecule has 0 unspecified atom stereocenters. The highest BCUT2D eigenvalue weighted by Crippen LogP contribution is 2.33. The van der Waals surface area contributed by atoms with Crippen LogP contribution in [0.1, 0.15) is 33.6 Å². The molecule has 2 amide bonds. The molecule has 7 nitrogen and oxygen atoms in total. The number of nitrogens with one attached hydrogen (secondary N) is 1. The Morgan fingerprint density at radius 1 is 1.00 bits per heavy atom. The number of benzene rings is 2. The van der Waals surface area contributed by atoms with E-state index in [4.69, 9.17) is 9.47 Å². The second kappa shape index (κ2) is 7.19. The fraction of sp³-hybridized carbons (Fsp3) is 0.300. The number of ether oxygens (including phenoxy) is 2. The molecule has 2 heterocycles.